The number of amides is 1. The van der Waals surface area contributed by atoms with Gasteiger partial charge >= 0.3 is 0 Å². The molecule has 0 aliphatic rings. The van der Waals surface area contributed by atoms with Crippen molar-refractivity contribution in [3.05, 3.63) is 21.9 Å². The first-order chi connectivity index (χ1) is 7.52. The number of aryl methyl sites for hydroxylation is 1. The van der Waals surface area contributed by atoms with Crippen LogP contribution in [0.4, 0.5) is 0 Å². The first kappa shape index (κ1) is 13.2. The van der Waals surface area contributed by atoms with E-state index in [1.165, 1.54) is 11.3 Å². The topological polar surface area (TPSA) is 49.3 Å². The van der Waals surface area contributed by atoms with Crippen LogP contribution >= 0.6 is 11.3 Å². The van der Waals surface area contributed by atoms with Crippen LogP contribution in [0.25, 0.3) is 0 Å². The highest BCUT2D eigenvalue weighted by Crippen LogP contribution is 2.13. The molecule has 0 aliphatic carbocycles. The van der Waals surface area contributed by atoms with Crippen molar-refractivity contribution >= 4 is 17.2 Å². The minimum atomic E-state index is -0.344. The van der Waals surface area contributed by atoms with Gasteiger partial charge in [0, 0.05) is 11.9 Å². The number of aliphatic hydroxyl groups excluding tert-OH is 1. The quantitative estimate of drug-likeness (QED) is 0.830. The molecule has 1 aromatic rings. The number of carbonyl (C=O) groups excluding carboxylic acids is 1. The summed E-state index contributed by atoms with van der Waals surface area (Å²) in [7, 11) is 0. The monoisotopic (exact) mass is 241 g/mol. The summed E-state index contributed by atoms with van der Waals surface area (Å²) in [5, 5.41) is 16.2. The van der Waals surface area contributed by atoms with E-state index in [1.807, 2.05) is 31.5 Å². The number of rotatable bonds is 5. The van der Waals surface area contributed by atoms with Gasteiger partial charge in [-0.15, -0.1) is 0 Å². The minimum absolute atomic E-state index is 0.0466. The molecular weight excluding hydrogens is 222 g/mol. The average molecular weight is 241 g/mol. The van der Waals surface area contributed by atoms with Crippen LogP contribution in [0.2, 0.25) is 0 Å². The van der Waals surface area contributed by atoms with E-state index in [0.29, 0.717) is 13.0 Å². The molecule has 1 rings (SSSR count). The van der Waals surface area contributed by atoms with Gasteiger partial charge in [-0.05, 0) is 30.2 Å². The normalized spacial score (nSPS) is 12.8. The number of thiophene rings is 1. The summed E-state index contributed by atoms with van der Waals surface area (Å²) in [5.74, 6) is 0.189. The summed E-state index contributed by atoms with van der Waals surface area (Å²) in [6.45, 7) is 6.38. The van der Waals surface area contributed by atoms with E-state index in [-0.39, 0.29) is 17.9 Å². The van der Waals surface area contributed by atoms with Crippen molar-refractivity contribution in [2.75, 3.05) is 6.54 Å². The number of hydrogen-bond acceptors (Lipinski definition) is 3. The largest absolute Gasteiger partial charge is 0.393 e. The van der Waals surface area contributed by atoms with Crippen molar-refractivity contribution in [3.8, 4) is 0 Å². The molecule has 90 valence electrons. The molecule has 0 bridgehead atoms. The molecule has 3 nitrogen and oxygen atoms in total. The molecule has 1 unspecified atom stereocenters. The zero-order valence-electron chi connectivity index (χ0n) is 9.99. The highest BCUT2D eigenvalue weighted by Gasteiger charge is 2.11. The molecule has 2 N–H and O–H groups in total. The van der Waals surface area contributed by atoms with Crippen LogP contribution in [0.1, 0.15) is 36.2 Å². The van der Waals surface area contributed by atoms with E-state index >= 15 is 0 Å². The zero-order chi connectivity index (χ0) is 12.1. The molecule has 0 saturated heterocycles. The highest BCUT2D eigenvalue weighted by molar-refractivity contribution is 7.08. The predicted molar refractivity (Wildman–Crippen MR) is 66.9 cm³/mol. The van der Waals surface area contributed by atoms with Gasteiger partial charge < -0.3 is 10.4 Å². The number of carbonyl (C=O) groups is 1. The van der Waals surface area contributed by atoms with Crippen LogP contribution in [0.3, 0.4) is 0 Å². The van der Waals surface area contributed by atoms with Crippen molar-refractivity contribution in [3.63, 3.8) is 0 Å². The van der Waals surface area contributed by atoms with Crippen molar-refractivity contribution in [1.29, 1.82) is 0 Å². The second-order valence-corrected chi connectivity index (χ2v) is 5.07. The molecule has 0 fully saturated rings. The lowest BCUT2D eigenvalue weighted by Crippen LogP contribution is -2.28. The van der Waals surface area contributed by atoms with Crippen LogP contribution < -0.4 is 5.32 Å². The summed E-state index contributed by atoms with van der Waals surface area (Å²) in [4.78, 5) is 11.7. The molecule has 1 aromatic heterocycles. The Morgan fingerprint density at radius 1 is 1.50 bits per heavy atom. The summed E-state index contributed by atoms with van der Waals surface area (Å²) in [6.07, 6.45) is 0.260. The van der Waals surface area contributed by atoms with Crippen LogP contribution in [0.5, 0.6) is 0 Å². The lowest BCUT2D eigenvalue weighted by molar-refractivity contribution is 0.0920. The zero-order valence-corrected chi connectivity index (χ0v) is 10.8. The molecule has 4 heteroatoms. The fraction of sp³-hybridized carbons (Fsp3) is 0.583. The lowest BCUT2D eigenvalue weighted by Gasteiger charge is -2.14. The van der Waals surface area contributed by atoms with Gasteiger partial charge in [-0.2, -0.15) is 11.3 Å². The van der Waals surface area contributed by atoms with E-state index < -0.39 is 0 Å². The summed E-state index contributed by atoms with van der Waals surface area (Å²) in [6, 6.07) is 0. The minimum Gasteiger partial charge on any atom is -0.393 e. The Labute approximate surface area is 100 Å². The first-order valence-corrected chi connectivity index (χ1v) is 6.45. The fourth-order valence-corrected chi connectivity index (χ4v) is 2.18. The van der Waals surface area contributed by atoms with E-state index in [2.05, 4.69) is 5.32 Å². The maximum absolute atomic E-state index is 11.7. The molecule has 0 spiro atoms. The molecule has 16 heavy (non-hydrogen) atoms. The number of nitrogens with one attached hydrogen (secondary N) is 1. The second kappa shape index (κ2) is 6.01. The molecule has 0 aromatic carbocycles. The lowest BCUT2D eigenvalue weighted by atomic mass is 10.0. The predicted octanol–water partition coefficient (Wildman–Crippen LogP) is 2.19. The van der Waals surface area contributed by atoms with Gasteiger partial charge in [0.2, 0.25) is 0 Å². The van der Waals surface area contributed by atoms with Gasteiger partial charge in [-0.3, -0.25) is 4.79 Å². The molecule has 1 heterocycles. The molecular formula is C12H19NO2S. The molecule has 1 atom stereocenters. The maximum Gasteiger partial charge on any atom is 0.252 e. The average Bonchev–Trinajstić information content (AvgIpc) is 2.64. The third kappa shape index (κ3) is 3.61. The summed E-state index contributed by atoms with van der Waals surface area (Å²) in [5.41, 5.74) is 1.75. The second-order valence-electron chi connectivity index (χ2n) is 4.32. The van der Waals surface area contributed by atoms with Gasteiger partial charge in [0.1, 0.15) is 0 Å². The van der Waals surface area contributed by atoms with Crippen molar-refractivity contribution in [2.45, 2.75) is 33.3 Å². The van der Waals surface area contributed by atoms with E-state index in [9.17, 15) is 9.90 Å². The Morgan fingerprint density at radius 2 is 2.19 bits per heavy atom. The van der Waals surface area contributed by atoms with Crippen molar-refractivity contribution in [2.24, 2.45) is 5.92 Å². The molecule has 0 saturated carbocycles. The summed E-state index contributed by atoms with van der Waals surface area (Å²) < 4.78 is 0. The summed E-state index contributed by atoms with van der Waals surface area (Å²) >= 11 is 1.53. The van der Waals surface area contributed by atoms with Gasteiger partial charge in [-0.25, -0.2) is 0 Å². The Kier molecular flexibility index (Phi) is 4.96. The molecule has 0 radical (unpaired) electrons. The number of hydrogen-bond donors (Lipinski definition) is 2. The van der Waals surface area contributed by atoms with E-state index in [4.69, 9.17) is 0 Å². The fourth-order valence-electron chi connectivity index (χ4n) is 1.36. The molecule has 1 amide bonds. The Balaban J connectivity index is 2.34. The first-order valence-electron chi connectivity index (χ1n) is 5.51. The van der Waals surface area contributed by atoms with Crippen LogP contribution in [0.15, 0.2) is 10.8 Å². The van der Waals surface area contributed by atoms with E-state index in [1.54, 1.807) is 0 Å². The Morgan fingerprint density at radius 3 is 2.69 bits per heavy atom. The van der Waals surface area contributed by atoms with Crippen LogP contribution in [0, 0.1) is 12.8 Å². The van der Waals surface area contributed by atoms with Gasteiger partial charge in [-0.1, -0.05) is 13.8 Å². The van der Waals surface area contributed by atoms with Crippen molar-refractivity contribution < 1.29 is 9.90 Å². The van der Waals surface area contributed by atoms with Crippen molar-refractivity contribution in [1.82, 2.24) is 5.32 Å². The van der Waals surface area contributed by atoms with Gasteiger partial charge in [0.05, 0.1) is 11.7 Å². The third-order valence-corrected chi connectivity index (χ3v) is 3.46. The Hall–Kier alpha value is -0.870. The smallest absolute Gasteiger partial charge is 0.252 e. The number of aliphatic hydroxyl groups is 1. The Bertz CT molecular complexity index is 347. The van der Waals surface area contributed by atoms with E-state index in [0.717, 1.165) is 11.1 Å². The third-order valence-electron chi connectivity index (χ3n) is 2.60. The SMILES string of the molecule is Cc1cscc1C(=O)NCCC(O)C(C)C. The van der Waals surface area contributed by atoms with Crippen LogP contribution in [-0.4, -0.2) is 23.7 Å². The van der Waals surface area contributed by atoms with Gasteiger partial charge in [0.15, 0.2) is 0 Å². The highest BCUT2D eigenvalue weighted by atomic mass is 32.1. The molecule has 0 aliphatic heterocycles. The maximum atomic E-state index is 11.7. The van der Waals surface area contributed by atoms with Crippen LogP contribution in [-0.2, 0) is 0 Å². The van der Waals surface area contributed by atoms with Gasteiger partial charge in [0.25, 0.3) is 5.91 Å². The standard InChI is InChI=1S/C12H19NO2S/c1-8(2)11(14)4-5-13-12(15)10-7-16-6-9(10)3/h6-8,11,14H,4-5H2,1-3H3,(H,13,15).